The molecule has 2 N–H and O–H groups in total. The van der Waals surface area contributed by atoms with Gasteiger partial charge in [0.15, 0.2) is 0 Å². The highest BCUT2D eigenvalue weighted by Gasteiger charge is 2.18. The first-order valence-electron chi connectivity index (χ1n) is 5.43. The van der Waals surface area contributed by atoms with Crippen molar-refractivity contribution in [2.24, 2.45) is 11.7 Å². The molecule has 0 bridgehead atoms. The molecular formula is C12H14BrN3O. The summed E-state index contributed by atoms with van der Waals surface area (Å²) in [5, 5.41) is 3.94. The summed E-state index contributed by atoms with van der Waals surface area (Å²) >= 11 is 3.41. The third kappa shape index (κ3) is 2.73. The van der Waals surface area contributed by atoms with Crippen molar-refractivity contribution in [1.82, 2.24) is 10.1 Å². The lowest BCUT2D eigenvalue weighted by Gasteiger charge is -2.09. The average Bonchev–Trinajstić information content (AvgIpc) is 2.77. The molecule has 1 heterocycles. The van der Waals surface area contributed by atoms with Crippen LogP contribution in [0.3, 0.4) is 0 Å². The van der Waals surface area contributed by atoms with E-state index < -0.39 is 0 Å². The molecule has 4 nitrogen and oxygen atoms in total. The Balaban J connectivity index is 2.30. The first kappa shape index (κ1) is 12.3. The number of hydrogen-bond acceptors (Lipinski definition) is 4. The smallest absolute Gasteiger partial charge is 0.244 e. The summed E-state index contributed by atoms with van der Waals surface area (Å²) in [7, 11) is 0. The maximum Gasteiger partial charge on any atom is 0.244 e. The second-order valence-corrected chi connectivity index (χ2v) is 5.15. The Morgan fingerprint density at radius 1 is 1.35 bits per heavy atom. The van der Waals surface area contributed by atoms with Gasteiger partial charge in [0.05, 0.1) is 6.04 Å². The van der Waals surface area contributed by atoms with E-state index in [4.69, 9.17) is 10.3 Å². The van der Waals surface area contributed by atoms with Crippen LogP contribution >= 0.6 is 15.9 Å². The van der Waals surface area contributed by atoms with Gasteiger partial charge in [-0.05, 0) is 18.1 Å². The molecule has 0 unspecified atom stereocenters. The van der Waals surface area contributed by atoms with Crippen LogP contribution in [-0.4, -0.2) is 10.1 Å². The Kier molecular flexibility index (Phi) is 3.59. The maximum atomic E-state index is 5.95. The second kappa shape index (κ2) is 4.98. The molecule has 1 aromatic carbocycles. The van der Waals surface area contributed by atoms with Gasteiger partial charge in [-0.25, -0.2) is 0 Å². The van der Waals surface area contributed by atoms with E-state index in [1.54, 1.807) is 0 Å². The number of benzene rings is 1. The molecule has 17 heavy (non-hydrogen) atoms. The highest BCUT2D eigenvalue weighted by Crippen LogP contribution is 2.23. The van der Waals surface area contributed by atoms with Crippen molar-refractivity contribution < 1.29 is 4.52 Å². The summed E-state index contributed by atoms with van der Waals surface area (Å²) in [5.41, 5.74) is 6.86. The van der Waals surface area contributed by atoms with Gasteiger partial charge >= 0.3 is 0 Å². The van der Waals surface area contributed by atoms with E-state index in [-0.39, 0.29) is 12.0 Å². The number of halogens is 1. The van der Waals surface area contributed by atoms with Gasteiger partial charge in [-0.3, -0.25) is 0 Å². The molecule has 90 valence electrons. The molecule has 1 aromatic heterocycles. The molecule has 0 aliphatic heterocycles. The zero-order valence-electron chi connectivity index (χ0n) is 9.72. The minimum Gasteiger partial charge on any atom is -0.337 e. The molecule has 0 saturated heterocycles. The molecule has 1 atom stereocenters. The monoisotopic (exact) mass is 295 g/mol. The normalized spacial score (nSPS) is 13.0. The Bertz CT molecular complexity index is 510. The predicted molar refractivity (Wildman–Crippen MR) is 69.2 cm³/mol. The van der Waals surface area contributed by atoms with E-state index in [0.717, 1.165) is 10.0 Å². The summed E-state index contributed by atoms with van der Waals surface area (Å²) in [6, 6.07) is 7.53. The predicted octanol–water partition coefficient (Wildman–Crippen LogP) is 3.15. The van der Waals surface area contributed by atoms with Gasteiger partial charge < -0.3 is 10.3 Å². The zero-order chi connectivity index (χ0) is 12.4. The van der Waals surface area contributed by atoms with E-state index >= 15 is 0 Å². The SMILES string of the molecule is CC(C)[C@H](N)c1nc(-c2cccc(Br)c2)no1. The molecular weight excluding hydrogens is 282 g/mol. The van der Waals surface area contributed by atoms with Crippen molar-refractivity contribution >= 4 is 15.9 Å². The van der Waals surface area contributed by atoms with Crippen LogP contribution in [0.25, 0.3) is 11.4 Å². The van der Waals surface area contributed by atoms with Crippen LogP contribution in [0.5, 0.6) is 0 Å². The fourth-order valence-electron chi connectivity index (χ4n) is 1.40. The lowest BCUT2D eigenvalue weighted by molar-refractivity contribution is 0.325. The minimum absolute atomic E-state index is 0.219. The zero-order valence-corrected chi connectivity index (χ0v) is 11.3. The molecule has 0 radical (unpaired) electrons. The van der Waals surface area contributed by atoms with Gasteiger partial charge in [-0.1, -0.05) is 47.1 Å². The molecule has 0 amide bonds. The number of rotatable bonds is 3. The number of nitrogens with two attached hydrogens (primary N) is 1. The second-order valence-electron chi connectivity index (χ2n) is 4.24. The molecule has 0 spiro atoms. The van der Waals surface area contributed by atoms with Crippen molar-refractivity contribution in [3.8, 4) is 11.4 Å². The minimum atomic E-state index is -0.219. The van der Waals surface area contributed by atoms with Gasteiger partial charge in [0, 0.05) is 10.0 Å². The van der Waals surface area contributed by atoms with Crippen molar-refractivity contribution in [3.63, 3.8) is 0 Å². The first-order chi connectivity index (χ1) is 8.08. The highest BCUT2D eigenvalue weighted by molar-refractivity contribution is 9.10. The van der Waals surface area contributed by atoms with E-state index in [9.17, 15) is 0 Å². The van der Waals surface area contributed by atoms with E-state index in [1.807, 2.05) is 38.1 Å². The van der Waals surface area contributed by atoms with Crippen LogP contribution in [-0.2, 0) is 0 Å². The van der Waals surface area contributed by atoms with Gasteiger partial charge in [-0.2, -0.15) is 4.98 Å². The van der Waals surface area contributed by atoms with Gasteiger partial charge in [0.25, 0.3) is 0 Å². The maximum absolute atomic E-state index is 5.95. The Hall–Kier alpha value is -1.20. The summed E-state index contributed by atoms with van der Waals surface area (Å²) in [6.45, 7) is 4.04. The van der Waals surface area contributed by atoms with Crippen molar-refractivity contribution in [2.75, 3.05) is 0 Å². The highest BCUT2D eigenvalue weighted by atomic mass is 79.9. The topological polar surface area (TPSA) is 64.9 Å². The molecule has 0 fully saturated rings. The summed E-state index contributed by atoms with van der Waals surface area (Å²) in [5.74, 6) is 1.32. The van der Waals surface area contributed by atoms with Gasteiger partial charge in [0.2, 0.25) is 11.7 Å². The molecule has 0 saturated carbocycles. The van der Waals surface area contributed by atoms with E-state index in [1.165, 1.54) is 0 Å². The number of aromatic nitrogens is 2. The van der Waals surface area contributed by atoms with Crippen LogP contribution in [0.1, 0.15) is 25.8 Å². The molecule has 2 aromatic rings. The third-order valence-electron chi connectivity index (χ3n) is 2.53. The Morgan fingerprint density at radius 2 is 2.12 bits per heavy atom. The fraction of sp³-hybridized carbons (Fsp3) is 0.333. The van der Waals surface area contributed by atoms with Crippen LogP contribution in [0, 0.1) is 5.92 Å². The first-order valence-corrected chi connectivity index (χ1v) is 6.22. The lowest BCUT2D eigenvalue weighted by atomic mass is 10.1. The summed E-state index contributed by atoms with van der Waals surface area (Å²) in [6.07, 6.45) is 0. The quantitative estimate of drug-likeness (QED) is 0.945. The van der Waals surface area contributed by atoms with Crippen LogP contribution in [0.2, 0.25) is 0 Å². The molecule has 5 heteroatoms. The lowest BCUT2D eigenvalue weighted by Crippen LogP contribution is -2.16. The van der Waals surface area contributed by atoms with E-state index in [0.29, 0.717) is 11.7 Å². The van der Waals surface area contributed by atoms with Crippen LogP contribution < -0.4 is 5.73 Å². The van der Waals surface area contributed by atoms with Gasteiger partial charge in [0.1, 0.15) is 0 Å². The Morgan fingerprint density at radius 3 is 2.76 bits per heavy atom. The molecule has 0 aliphatic rings. The average molecular weight is 296 g/mol. The van der Waals surface area contributed by atoms with Crippen molar-refractivity contribution in [2.45, 2.75) is 19.9 Å². The summed E-state index contributed by atoms with van der Waals surface area (Å²) < 4.78 is 6.16. The number of nitrogens with zero attached hydrogens (tertiary/aromatic N) is 2. The van der Waals surface area contributed by atoms with Crippen LogP contribution in [0.15, 0.2) is 33.3 Å². The largest absolute Gasteiger partial charge is 0.337 e. The Labute approximate surface area is 108 Å². The van der Waals surface area contributed by atoms with Crippen molar-refractivity contribution in [3.05, 3.63) is 34.6 Å². The van der Waals surface area contributed by atoms with Crippen LogP contribution in [0.4, 0.5) is 0 Å². The third-order valence-corrected chi connectivity index (χ3v) is 3.02. The molecule has 2 rings (SSSR count). The summed E-state index contributed by atoms with van der Waals surface area (Å²) in [4.78, 5) is 4.32. The molecule has 0 aliphatic carbocycles. The fourth-order valence-corrected chi connectivity index (χ4v) is 1.80. The standard InChI is InChI=1S/C12H14BrN3O/c1-7(2)10(14)12-15-11(16-17-12)8-4-3-5-9(13)6-8/h3-7,10H,14H2,1-2H3/t10-/m0/s1. The van der Waals surface area contributed by atoms with E-state index in [2.05, 4.69) is 26.1 Å². The van der Waals surface area contributed by atoms with Crippen molar-refractivity contribution in [1.29, 1.82) is 0 Å². The number of hydrogen-bond donors (Lipinski definition) is 1. The van der Waals surface area contributed by atoms with Gasteiger partial charge in [-0.15, -0.1) is 0 Å².